The number of benzene rings is 1. The number of aliphatic hydroxyl groups is 1. The average Bonchev–Trinajstić information content (AvgIpc) is 3.34. The van der Waals surface area contributed by atoms with Crippen LogP contribution in [0.2, 0.25) is 0 Å². The third-order valence-corrected chi connectivity index (χ3v) is 6.57. The summed E-state index contributed by atoms with van der Waals surface area (Å²) in [6.45, 7) is 3.15. The first kappa shape index (κ1) is 23.5. The van der Waals surface area contributed by atoms with Gasteiger partial charge in [0, 0.05) is 36.5 Å². The van der Waals surface area contributed by atoms with Gasteiger partial charge in [-0.1, -0.05) is 30.3 Å². The number of rotatable bonds is 6. The third-order valence-electron chi connectivity index (χ3n) is 6.57. The predicted octanol–water partition coefficient (Wildman–Crippen LogP) is 3.58. The molecule has 0 unspecified atom stereocenters. The first-order valence-corrected chi connectivity index (χ1v) is 12.0. The summed E-state index contributed by atoms with van der Waals surface area (Å²) in [4.78, 5) is 23.9. The SMILES string of the molecule is Cc1c(N[C@@H]2CCCN(C(=O)CC#N)C2)nc(-c2cnn3ccccc23)nc1-c1ccc(CO)cc1. The summed E-state index contributed by atoms with van der Waals surface area (Å²) in [5.41, 5.74) is 5.16. The zero-order valence-electron chi connectivity index (χ0n) is 20.1. The minimum absolute atomic E-state index is 0.0105. The van der Waals surface area contributed by atoms with Gasteiger partial charge in [-0.05, 0) is 37.5 Å². The van der Waals surface area contributed by atoms with E-state index < -0.39 is 0 Å². The van der Waals surface area contributed by atoms with Crippen molar-refractivity contribution >= 4 is 17.2 Å². The van der Waals surface area contributed by atoms with Crippen LogP contribution in [0.25, 0.3) is 28.2 Å². The highest BCUT2D eigenvalue weighted by Gasteiger charge is 2.25. The molecular weight excluding hydrogens is 454 g/mol. The Morgan fingerprint density at radius 1 is 1.22 bits per heavy atom. The molecule has 1 fully saturated rings. The molecule has 4 heterocycles. The van der Waals surface area contributed by atoms with E-state index in [0.717, 1.165) is 46.3 Å². The molecule has 0 saturated carbocycles. The second-order valence-electron chi connectivity index (χ2n) is 8.97. The maximum Gasteiger partial charge on any atom is 0.236 e. The zero-order chi connectivity index (χ0) is 25.1. The Kier molecular flexibility index (Phi) is 6.60. The van der Waals surface area contributed by atoms with Crippen molar-refractivity contribution in [2.45, 2.75) is 38.8 Å². The van der Waals surface area contributed by atoms with Crippen LogP contribution in [-0.4, -0.2) is 54.6 Å². The van der Waals surface area contributed by atoms with Crippen molar-refractivity contribution in [1.29, 1.82) is 5.26 Å². The van der Waals surface area contributed by atoms with E-state index in [1.165, 1.54) is 0 Å². The highest BCUT2D eigenvalue weighted by atomic mass is 16.3. The van der Waals surface area contributed by atoms with E-state index in [1.54, 1.807) is 15.6 Å². The van der Waals surface area contributed by atoms with Crippen molar-refractivity contribution in [3.63, 3.8) is 0 Å². The Labute approximate surface area is 209 Å². The topological polar surface area (TPSA) is 119 Å². The molecule has 9 heteroatoms. The fraction of sp³-hybridized carbons (Fsp3) is 0.296. The summed E-state index contributed by atoms with van der Waals surface area (Å²) in [6.07, 6.45) is 5.30. The molecule has 0 aliphatic carbocycles. The van der Waals surface area contributed by atoms with Crippen molar-refractivity contribution < 1.29 is 9.90 Å². The average molecular weight is 482 g/mol. The van der Waals surface area contributed by atoms with Crippen molar-refractivity contribution in [1.82, 2.24) is 24.5 Å². The molecule has 0 radical (unpaired) electrons. The van der Waals surface area contributed by atoms with Gasteiger partial charge in [0.1, 0.15) is 12.2 Å². The molecule has 1 atom stereocenters. The largest absolute Gasteiger partial charge is 0.392 e. The molecule has 1 amide bonds. The standard InChI is InChI=1S/C27H27N7O2/c1-18-25(20-9-7-19(17-35)8-10-20)31-27(22-15-29-34-14-3-2-6-23(22)34)32-26(18)30-21-5-4-13-33(16-21)24(36)11-12-28/h2-3,6-10,14-15,21,35H,4-5,11,13,16-17H2,1H3,(H,30,31,32)/t21-/m1/s1. The number of pyridine rings is 1. The molecule has 3 aromatic heterocycles. The summed E-state index contributed by atoms with van der Waals surface area (Å²) in [5, 5.41) is 26.4. The lowest BCUT2D eigenvalue weighted by atomic mass is 10.0. The van der Waals surface area contributed by atoms with E-state index in [0.29, 0.717) is 24.7 Å². The lowest BCUT2D eigenvalue weighted by Crippen LogP contribution is -2.45. The highest BCUT2D eigenvalue weighted by Crippen LogP contribution is 2.31. The minimum Gasteiger partial charge on any atom is -0.392 e. The van der Waals surface area contributed by atoms with Crippen LogP contribution in [0, 0.1) is 18.3 Å². The van der Waals surface area contributed by atoms with Gasteiger partial charge in [0.15, 0.2) is 5.82 Å². The van der Waals surface area contributed by atoms with Crippen LogP contribution >= 0.6 is 0 Å². The van der Waals surface area contributed by atoms with Crippen LogP contribution in [0.3, 0.4) is 0 Å². The van der Waals surface area contributed by atoms with Gasteiger partial charge in [-0.15, -0.1) is 0 Å². The molecule has 4 aromatic rings. The molecule has 182 valence electrons. The van der Waals surface area contributed by atoms with Gasteiger partial charge in [-0.25, -0.2) is 14.5 Å². The summed E-state index contributed by atoms with van der Waals surface area (Å²) in [7, 11) is 0. The van der Waals surface area contributed by atoms with Gasteiger partial charge in [-0.2, -0.15) is 10.4 Å². The molecule has 0 spiro atoms. The van der Waals surface area contributed by atoms with Gasteiger partial charge in [0.25, 0.3) is 0 Å². The maximum atomic E-state index is 12.3. The number of piperidine rings is 1. The number of hydrogen-bond donors (Lipinski definition) is 2. The fourth-order valence-corrected chi connectivity index (χ4v) is 4.63. The lowest BCUT2D eigenvalue weighted by Gasteiger charge is -2.33. The number of hydrogen-bond acceptors (Lipinski definition) is 7. The zero-order valence-corrected chi connectivity index (χ0v) is 20.1. The summed E-state index contributed by atoms with van der Waals surface area (Å²) in [6, 6.07) is 15.5. The van der Waals surface area contributed by atoms with Gasteiger partial charge >= 0.3 is 0 Å². The van der Waals surface area contributed by atoms with E-state index in [-0.39, 0.29) is 25.0 Å². The molecule has 36 heavy (non-hydrogen) atoms. The van der Waals surface area contributed by atoms with Gasteiger partial charge < -0.3 is 15.3 Å². The monoisotopic (exact) mass is 481 g/mol. The predicted molar refractivity (Wildman–Crippen MR) is 136 cm³/mol. The number of anilines is 1. The van der Waals surface area contributed by atoms with Gasteiger partial charge in [0.05, 0.1) is 35.6 Å². The number of aromatic nitrogens is 4. The molecule has 1 saturated heterocycles. The second kappa shape index (κ2) is 10.1. The Morgan fingerprint density at radius 2 is 2.06 bits per heavy atom. The van der Waals surface area contributed by atoms with Crippen LogP contribution in [0.4, 0.5) is 5.82 Å². The van der Waals surface area contributed by atoms with Crippen molar-refractivity contribution in [3.05, 3.63) is 66.0 Å². The molecule has 1 aliphatic heterocycles. The van der Waals surface area contributed by atoms with Crippen LogP contribution in [0.1, 0.15) is 30.4 Å². The summed E-state index contributed by atoms with van der Waals surface area (Å²) in [5.74, 6) is 1.12. The van der Waals surface area contributed by atoms with Crippen LogP contribution in [0.15, 0.2) is 54.9 Å². The van der Waals surface area contributed by atoms with Crippen molar-refractivity contribution in [2.75, 3.05) is 18.4 Å². The lowest BCUT2D eigenvalue weighted by molar-refractivity contribution is -0.131. The number of aliphatic hydroxyl groups excluding tert-OH is 1. The normalized spacial score (nSPS) is 15.6. The number of nitrogens with zero attached hydrogens (tertiary/aromatic N) is 6. The molecule has 9 nitrogen and oxygen atoms in total. The quantitative estimate of drug-likeness (QED) is 0.432. The van der Waals surface area contributed by atoms with E-state index in [9.17, 15) is 9.90 Å². The van der Waals surface area contributed by atoms with Gasteiger partial charge in [-0.3, -0.25) is 4.79 Å². The molecule has 0 bridgehead atoms. The number of fused-ring (bicyclic) bond motifs is 1. The number of nitrogens with one attached hydrogen (secondary N) is 1. The van der Waals surface area contributed by atoms with Crippen LogP contribution < -0.4 is 5.32 Å². The Hall–Kier alpha value is -4.29. The number of carbonyl (C=O) groups is 1. The Morgan fingerprint density at radius 3 is 2.83 bits per heavy atom. The smallest absolute Gasteiger partial charge is 0.236 e. The number of amides is 1. The van der Waals surface area contributed by atoms with Crippen molar-refractivity contribution in [2.24, 2.45) is 0 Å². The second-order valence-corrected chi connectivity index (χ2v) is 8.97. The van der Waals surface area contributed by atoms with E-state index >= 15 is 0 Å². The molecule has 1 aromatic carbocycles. The minimum atomic E-state index is -0.139. The molecule has 5 rings (SSSR count). The Balaban J connectivity index is 1.55. The first-order chi connectivity index (χ1) is 17.6. The van der Waals surface area contributed by atoms with Crippen LogP contribution in [-0.2, 0) is 11.4 Å². The number of carbonyl (C=O) groups excluding carboxylic acids is 1. The van der Waals surface area contributed by atoms with E-state index in [4.69, 9.17) is 15.2 Å². The molecular formula is C27H27N7O2. The number of likely N-dealkylation sites (tertiary alicyclic amines) is 1. The van der Waals surface area contributed by atoms with E-state index in [2.05, 4.69) is 10.4 Å². The third kappa shape index (κ3) is 4.63. The molecule has 2 N–H and O–H groups in total. The maximum absolute atomic E-state index is 12.3. The number of nitriles is 1. The fourth-order valence-electron chi connectivity index (χ4n) is 4.63. The van der Waals surface area contributed by atoms with Crippen molar-refractivity contribution in [3.8, 4) is 28.7 Å². The summed E-state index contributed by atoms with van der Waals surface area (Å²) >= 11 is 0. The van der Waals surface area contributed by atoms with E-state index in [1.807, 2.05) is 61.7 Å². The van der Waals surface area contributed by atoms with Crippen LogP contribution in [0.5, 0.6) is 0 Å². The highest BCUT2D eigenvalue weighted by molar-refractivity contribution is 5.80. The van der Waals surface area contributed by atoms with Gasteiger partial charge in [0.2, 0.25) is 5.91 Å². The Bertz CT molecular complexity index is 1440. The summed E-state index contributed by atoms with van der Waals surface area (Å²) < 4.78 is 1.79. The molecule has 1 aliphatic rings. The first-order valence-electron chi connectivity index (χ1n) is 12.0.